The molecule has 0 aliphatic heterocycles. The van der Waals surface area contributed by atoms with Crippen LogP contribution in [0.15, 0.2) is 18.2 Å². The Labute approximate surface area is 80.7 Å². The summed E-state index contributed by atoms with van der Waals surface area (Å²) in [6.07, 6.45) is 0.115. The molecule has 0 atom stereocenters. The van der Waals surface area contributed by atoms with Gasteiger partial charge in [0.15, 0.2) is 0 Å². The lowest BCUT2D eigenvalue weighted by Gasteiger charge is -2.02. The molecule has 0 spiro atoms. The summed E-state index contributed by atoms with van der Waals surface area (Å²) in [6, 6.07) is 4.35. The van der Waals surface area contributed by atoms with Gasteiger partial charge in [0, 0.05) is 12.1 Å². The number of hydrogen-bond donors (Lipinski definition) is 1. The van der Waals surface area contributed by atoms with Crippen molar-refractivity contribution in [1.82, 2.24) is 0 Å². The Morgan fingerprint density at radius 2 is 2.21 bits per heavy atom. The van der Waals surface area contributed by atoms with Gasteiger partial charge in [-0.2, -0.15) is 0 Å². The van der Waals surface area contributed by atoms with Crippen molar-refractivity contribution in [2.75, 3.05) is 0 Å². The summed E-state index contributed by atoms with van der Waals surface area (Å²) in [7, 11) is 0. The average molecular weight is 194 g/mol. The number of nitrogens with two attached hydrogens (primary N) is 1. The van der Waals surface area contributed by atoms with E-state index in [-0.39, 0.29) is 12.1 Å². The third-order valence-electron chi connectivity index (χ3n) is 1.90. The molecule has 1 amide bonds. The van der Waals surface area contributed by atoms with Gasteiger partial charge in [0.1, 0.15) is 0 Å². The van der Waals surface area contributed by atoms with Crippen LogP contribution < -0.4 is 5.73 Å². The van der Waals surface area contributed by atoms with Crippen molar-refractivity contribution in [3.05, 3.63) is 39.4 Å². The van der Waals surface area contributed by atoms with Gasteiger partial charge in [-0.1, -0.05) is 6.07 Å². The van der Waals surface area contributed by atoms with E-state index in [2.05, 4.69) is 0 Å². The molecule has 0 aromatic heterocycles. The van der Waals surface area contributed by atoms with Gasteiger partial charge in [-0.05, 0) is 18.1 Å². The van der Waals surface area contributed by atoms with Crippen LogP contribution in [0, 0.1) is 17.0 Å². The maximum Gasteiger partial charge on any atom is 0.269 e. The Morgan fingerprint density at radius 3 is 2.64 bits per heavy atom. The summed E-state index contributed by atoms with van der Waals surface area (Å²) in [5.74, 6) is -0.443. The van der Waals surface area contributed by atoms with Crippen molar-refractivity contribution in [3.63, 3.8) is 0 Å². The normalized spacial score (nSPS) is 9.79. The molecule has 0 unspecified atom stereocenters. The summed E-state index contributed by atoms with van der Waals surface area (Å²) >= 11 is 0. The molecule has 0 fully saturated rings. The van der Waals surface area contributed by atoms with Crippen LogP contribution in [-0.2, 0) is 11.2 Å². The van der Waals surface area contributed by atoms with Crippen LogP contribution >= 0.6 is 0 Å². The second-order valence-corrected chi connectivity index (χ2v) is 3.01. The van der Waals surface area contributed by atoms with E-state index < -0.39 is 10.8 Å². The van der Waals surface area contributed by atoms with Gasteiger partial charge in [-0.25, -0.2) is 0 Å². The van der Waals surface area contributed by atoms with Crippen molar-refractivity contribution in [2.24, 2.45) is 5.73 Å². The number of benzene rings is 1. The molecule has 0 saturated carbocycles. The van der Waals surface area contributed by atoms with Crippen LogP contribution in [0.25, 0.3) is 0 Å². The third kappa shape index (κ3) is 2.29. The number of rotatable bonds is 3. The Bertz CT molecular complexity index is 388. The van der Waals surface area contributed by atoms with Crippen molar-refractivity contribution in [3.8, 4) is 0 Å². The predicted molar refractivity (Wildman–Crippen MR) is 50.7 cm³/mol. The molecule has 0 radical (unpaired) electrons. The molecule has 0 bridgehead atoms. The SMILES string of the molecule is Cc1cc([N+](=O)[O-])ccc1CC(N)=O. The molecule has 14 heavy (non-hydrogen) atoms. The van der Waals surface area contributed by atoms with Crippen molar-refractivity contribution < 1.29 is 9.72 Å². The number of aryl methyl sites for hydroxylation is 1. The average Bonchev–Trinajstić information content (AvgIpc) is 2.07. The summed E-state index contributed by atoms with van der Waals surface area (Å²) in [4.78, 5) is 20.6. The number of carbonyl (C=O) groups is 1. The van der Waals surface area contributed by atoms with Gasteiger partial charge in [0.2, 0.25) is 5.91 Å². The first kappa shape index (κ1) is 10.2. The van der Waals surface area contributed by atoms with E-state index in [0.717, 1.165) is 5.56 Å². The topological polar surface area (TPSA) is 86.2 Å². The lowest BCUT2D eigenvalue weighted by atomic mass is 10.0. The molecule has 0 aliphatic carbocycles. The molecular weight excluding hydrogens is 184 g/mol. The highest BCUT2D eigenvalue weighted by Gasteiger charge is 2.08. The largest absolute Gasteiger partial charge is 0.369 e. The summed E-state index contributed by atoms with van der Waals surface area (Å²) in [5.41, 5.74) is 6.47. The maximum atomic E-state index is 10.6. The zero-order valence-corrected chi connectivity index (χ0v) is 7.69. The van der Waals surface area contributed by atoms with E-state index in [9.17, 15) is 14.9 Å². The highest BCUT2D eigenvalue weighted by Crippen LogP contribution is 2.17. The standard InChI is InChI=1S/C9H10N2O3/c1-6-4-8(11(13)14)3-2-7(6)5-9(10)12/h2-4H,5H2,1H3,(H2,10,12). The number of carbonyl (C=O) groups excluding carboxylic acids is 1. The van der Waals surface area contributed by atoms with Gasteiger partial charge < -0.3 is 5.73 Å². The summed E-state index contributed by atoms with van der Waals surface area (Å²) in [5, 5.41) is 10.4. The Kier molecular flexibility index (Phi) is 2.81. The van der Waals surface area contributed by atoms with Crippen LogP contribution in [0.2, 0.25) is 0 Å². The van der Waals surface area contributed by atoms with E-state index >= 15 is 0 Å². The molecule has 2 N–H and O–H groups in total. The molecule has 0 aliphatic rings. The Balaban J connectivity index is 3.01. The van der Waals surface area contributed by atoms with E-state index in [0.29, 0.717) is 5.56 Å². The molecule has 0 saturated heterocycles. The molecule has 5 nitrogen and oxygen atoms in total. The highest BCUT2D eigenvalue weighted by molar-refractivity contribution is 5.77. The fraction of sp³-hybridized carbons (Fsp3) is 0.222. The minimum Gasteiger partial charge on any atom is -0.369 e. The van der Waals surface area contributed by atoms with Crippen molar-refractivity contribution >= 4 is 11.6 Å². The minimum atomic E-state index is -0.471. The molecule has 1 aromatic carbocycles. The third-order valence-corrected chi connectivity index (χ3v) is 1.90. The summed E-state index contributed by atoms with van der Waals surface area (Å²) in [6.45, 7) is 1.71. The molecule has 0 heterocycles. The van der Waals surface area contributed by atoms with Crippen LogP contribution in [0.5, 0.6) is 0 Å². The maximum absolute atomic E-state index is 10.6. The first-order valence-corrected chi connectivity index (χ1v) is 4.03. The predicted octanol–water partition coefficient (Wildman–Crippen LogP) is 0.931. The van der Waals surface area contributed by atoms with E-state index in [1.54, 1.807) is 13.0 Å². The van der Waals surface area contributed by atoms with Gasteiger partial charge in [-0.15, -0.1) is 0 Å². The zero-order valence-electron chi connectivity index (χ0n) is 7.69. The molecule has 74 valence electrons. The first-order chi connectivity index (χ1) is 6.50. The van der Waals surface area contributed by atoms with Crippen molar-refractivity contribution in [2.45, 2.75) is 13.3 Å². The van der Waals surface area contributed by atoms with Crippen molar-refractivity contribution in [1.29, 1.82) is 0 Å². The highest BCUT2D eigenvalue weighted by atomic mass is 16.6. The van der Waals surface area contributed by atoms with E-state index in [4.69, 9.17) is 5.73 Å². The van der Waals surface area contributed by atoms with E-state index in [1.165, 1.54) is 12.1 Å². The first-order valence-electron chi connectivity index (χ1n) is 4.03. The monoisotopic (exact) mass is 194 g/mol. The van der Waals surface area contributed by atoms with Crippen LogP contribution in [0.1, 0.15) is 11.1 Å². The van der Waals surface area contributed by atoms with Crippen LogP contribution in [0.3, 0.4) is 0 Å². The van der Waals surface area contributed by atoms with Gasteiger partial charge >= 0.3 is 0 Å². The number of nitro groups is 1. The Hall–Kier alpha value is -1.91. The van der Waals surface area contributed by atoms with Gasteiger partial charge in [0.05, 0.1) is 11.3 Å². The number of nitro benzene ring substituents is 1. The van der Waals surface area contributed by atoms with E-state index in [1.807, 2.05) is 0 Å². The summed E-state index contributed by atoms with van der Waals surface area (Å²) < 4.78 is 0. The molecule has 5 heteroatoms. The fourth-order valence-corrected chi connectivity index (χ4v) is 1.18. The lowest BCUT2D eigenvalue weighted by Crippen LogP contribution is -2.14. The van der Waals surface area contributed by atoms with Gasteiger partial charge in [0.25, 0.3) is 5.69 Å². The molecule has 1 rings (SSSR count). The number of nitrogens with zero attached hydrogens (tertiary/aromatic N) is 1. The number of amides is 1. The second-order valence-electron chi connectivity index (χ2n) is 3.01. The number of non-ortho nitro benzene ring substituents is 1. The lowest BCUT2D eigenvalue weighted by molar-refractivity contribution is -0.384. The fourth-order valence-electron chi connectivity index (χ4n) is 1.18. The van der Waals surface area contributed by atoms with Crippen LogP contribution in [-0.4, -0.2) is 10.8 Å². The minimum absolute atomic E-state index is 0.0238. The smallest absolute Gasteiger partial charge is 0.269 e. The second kappa shape index (κ2) is 3.87. The number of primary amides is 1. The molecule has 1 aromatic rings. The Morgan fingerprint density at radius 1 is 1.57 bits per heavy atom. The van der Waals surface area contributed by atoms with Gasteiger partial charge in [-0.3, -0.25) is 14.9 Å². The molecular formula is C9H10N2O3. The number of hydrogen-bond acceptors (Lipinski definition) is 3. The van der Waals surface area contributed by atoms with Crippen LogP contribution in [0.4, 0.5) is 5.69 Å². The zero-order chi connectivity index (χ0) is 10.7. The quantitative estimate of drug-likeness (QED) is 0.573.